The molecule has 0 saturated carbocycles. The molecule has 106 valence electrons. The molecule has 2 N–H and O–H groups in total. The van der Waals surface area contributed by atoms with E-state index >= 15 is 0 Å². The highest BCUT2D eigenvalue weighted by atomic mass is 79.9. The minimum atomic E-state index is -3.41. The standard InChI is InChI=1S/C12H18BrN3O2S/c1-10(11-2-4-12(13)5-3-11)15-19(17,18)16-8-6-14-7-9-16/h2-5,10,14-15H,6-9H2,1H3. The summed E-state index contributed by atoms with van der Waals surface area (Å²) in [6.07, 6.45) is 0. The van der Waals surface area contributed by atoms with Gasteiger partial charge in [-0.25, -0.2) is 0 Å². The first kappa shape index (κ1) is 14.9. The SMILES string of the molecule is CC(NS(=O)(=O)N1CCNCC1)c1ccc(Br)cc1. The molecular formula is C12H18BrN3O2S. The van der Waals surface area contributed by atoms with Crippen molar-refractivity contribution in [2.24, 2.45) is 0 Å². The average molecular weight is 348 g/mol. The molecule has 1 saturated heterocycles. The molecule has 1 atom stereocenters. The Hall–Kier alpha value is -0.470. The largest absolute Gasteiger partial charge is 0.314 e. The van der Waals surface area contributed by atoms with E-state index in [1.807, 2.05) is 31.2 Å². The van der Waals surface area contributed by atoms with Crippen molar-refractivity contribution in [2.75, 3.05) is 26.2 Å². The number of hydrogen-bond donors (Lipinski definition) is 2. The summed E-state index contributed by atoms with van der Waals surface area (Å²) >= 11 is 3.36. The van der Waals surface area contributed by atoms with Crippen LogP contribution in [0.1, 0.15) is 18.5 Å². The number of rotatable bonds is 4. The summed E-state index contributed by atoms with van der Waals surface area (Å²) in [6.45, 7) is 4.29. The summed E-state index contributed by atoms with van der Waals surface area (Å²) in [6, 6.07) is 7.40. The van der Waals surface area contributed by atoms with Gasteiger partial charge < -0.3 is 5.32 Å². The van der Waals surface area contributed by atoms with Crippen molar-refractivity contribution in [3.63, 3.8) is 0 Å². The first-order valence-corrected chi connectivity index (χ1v) is 8.46. The molecule has 5 nitrogen and oxygen atoms in total. The lowest BCUT2D eigenvalue weighted by Crippen LogP contribution is -2.50. The summed E-state index contributed by atoms with van der Waals surface area (Å²) in [7, 11) is -3.41. The maximum atomic E-state index is 12.2. The van der Waals surface area contributed by atoms with Crippen LogP contribution in [0, 0.1) is 0 Å². The molecule has 1 aliphatic heterocycles. The molecule has 0 bridgehead atoms. The Morgan fingerprint density at radius 1 is 1.26 bits per heavy atom. The normalized spacial score (nSPS) is 19.3. The van der Waals surface area contributed by atoms with Crippen molar-refractivity contribution in [3.05, 3.63) is 34.3 Å². The third kappa shape index (κ3) is 4.00. The van der Waals surface area contributed by atoms with Gasteiger partial charge in [0, 0.05) is 36.7 Å². The Balaban J connectivity index is 2.04. The van der Waals surface area contributed by atoms with Gasteiger partial charge in [0.15, 0.2) is 0 Å². The van der Waals surface area contributed by atoms with Crippen molar-refractivity contribution in [1.29, 1.82) is 0 Å². The predicted molar refractivity (Wildman–Crippen MR) is 79.1 cm³/mol. The third-order valence-electron chi connectivity index (χ3n) is 3.11. The van der Waals surface area contributed by atoms with Crippen LogP contribution in [0.4, 0.5) is 0 Å². The van der Waals surface area contributed by atoms with Crippen LogP contribution in [0.3, 0.4) is 0 Å². The number of halogens is 1. The highest BCUT2D eigenvalue weighted by molar-refractivity contribution is 9.10. The second-order valence-corrected chi connectivity index (χ2v) is 7.16. The molecule has 1 unspecified atom stereocenters. The van der Waals surface area contributed by atoms with Crippen LogP contribution in [0.2, 0.25) is 0 Å². The van der Waals surface area contributed by atoms with Gasteiger partial charge in [-0.05, 0) is 24.6 Å². The van der Waals surface area contributed by atoms with Crippen LogP contribution in [-0.2, 0) is 10.2 Å². The van der Waals surface area contributed by atoms with Crippen LogP contribution in [0.25, 0.3) is 0 Å². The molecule has 0 spiro atoms. The molecule has 0 radical (unpaired) electrons. The van der Waals surface area contributed by atoms with E-state index in [9.17, 15) is 8.42 Å². The first-order chi connectivity index (χ1) is 8.99. The molecule has 0 aromatic heterocycles. The summed E-state index contributed by atoms with van der Waals surface area (Å²) in [5.41, 5.74) is 0.946. The fourth-order valence-electron chi connectivity index (χ4n) is 2.00. The highest BCUT2D eigenvalue weighted by Crippen LogP contribution is 2.18. The number of benzene rings is 1. The molecule has 1 aromatic rings. The van der Waals surface area contributed by atoms with E-state index in [0.29, 0.717) is 26.2 Å². The quantitative estimate of drug-likeness (QED) is 0.861. The van der Waals surface area contributed by atoms with Gasteiger partial charge in [-0.3, -0.25) is 0 Å². The molecule has 1 aliphatic rings. The topological polar surface area (TPSA) is 61.4 Å². The van der Waals surface area contributed by atoms with Gasteiger partial charge in [-0.15, -0.1) is 0 Å². The van der Waals surface area contributed by atoms with Crippen molar-refractivity contribution >= 4 is 26.1 Å². The summed E-state index contributed by atoms with van der Waals surface area (Å²) in [5, 5.41) is 3.14. The Bertz CT molecular complexity index is 512. The van der Waals surface area contributed by atoms with Gasteiger partial charge >= 0.3 is 0 Å². The zero-order chi connectivity index (χ0) is 13.9. The lowest BCUT2D eigenvalue weighted by Gasteiger charge is -2.28. The average Bonchev–Trinajstić information content (AvgIpc) is 2.40. The fourth-order valence-corrected chi connectivity index (χ4v) is 3.66. The van der Waals surface area contributed by atoms with E-state index < -0.39 is 10.2 Å². The van der Waals surface area contributed by atoms with Crippen LogP contribution < -0.4 is 10.0 Å². The van der Waals surface area contributed by atoms with E-state index in [2.05, 4.69) is 26.0 Å². The van der Waals surface area contributed by atoms with Crippen LogP contribution >= 0.6 is 15.9 Å². The molecular weight excluding hydrogens is 330 g/mol. The lowest BCUT2D eigenvalue weighted by atomic mass is 10.1. The Morgan fingerprint density at radius 3 is 2.42 bits per heavy atom. The van der Waals surface area contributed by atoms with Crippen LogP contribution in [-0.4, -0.2) is 38.9 Å². The third-order valence-corrected chi connectivity index (χ3v) is 5.34. The molecule has 2 rings (SSSR count). The lowest BCUT2D eigenvalue weighted by molar-refractivity contribution is 0.352. The van der Waals surface area contributed by atoms with Crippen molar-refractivity contribution in [2.45, 2.75) is 13.0 Å². The van der Waals surface area contributed by atoms with Crippen LogP contribution in [0.5, 0.6) is 0 Å². The predicted octanol–water partition coefficient (Wildman–Crippen LogP) is 1.25. The molecule has 7 heteroatoms. The first-order valence-electron chi connectivity index (χ1n) is 6.22. The molecule has 1 heterocycles. The monoisotopic (exact) mass is 347 g/mol. The second-order valence-electron chi connectivity index (χ2n) is 4.55. The number of nitrogens with one attached hydrogen (secondary N) is 2. The van der Waals surface area contributed by atoms with E-state index in [4.69, 9.17) is 0 Å². The zero-order valence-corrected chi connectivity index (χ0v) is 13.2. The molecule has 0 aliphatic carbocycles. The maximum absolute atomic E-state index is 12.2. The second kappa shape index (κ2) is 6.32. The smallest absolute Gasteiger partial charge is 0.280 e. The minimum Gasteiger partial charge on any atom is -0.314 e. The van der Waals surface area contributed by atoms with Crippen LogP contribution in [0.15, 0.2) is 28.7 Å². The van der Waals surface area contributed by atoms with Gasteiger partial charge in [-0.2, -0.15) is 17.4 Å². The maximum Gasteiger partial charge on any atom is 0.280 e. The van der Waals surface area contributed by atoms with E-state index in [0.717, 1.165) is 10.0 Å². The summed E-state index contributed by atoms with van der Waals surface area (Å²) < 4.78 is 29.6. The van der Waals surface area contributed by atoms with E-state index in [-0.39, 0.29) is 6.04 Å². The van der Waals surface area contributed by atoms with Crippen molar-refractivity contribution < 1.29 is 8.42 Å². The fraction of sp³-hybridized carbons (Fsp3) is 0.500. The van der Waals surface area contributed by atoms with Crippen molar-refractivity contribution in [3.8, 4) is 0 Å². The number of piperazine rings is 1. The Kier molecular flexibility index (Phi) is 4.97. The van der Waals surface area contributed by atoms with Gasteiger partial charge in [0.2, 0.25) is 0 Å². The Morgan fingerprint density at radius 2 is 1.84 bits per heavy atom. The Labute approximate surface area is 122 Å². The summed E-state index contributed by atoms with van der Waals surface area (Å²) in [5.74, 6) is 0. The zero-order valence-electron chi connectivity index (χ0n) is 10.8. The van der Waals surface area contributed by atoms with E-state index in [1.165, 1.54) is 4.31 Å². The van der Waals surface area contributed by atoms with Gasteiger partial charge in [-0.1, -0.05) is 28.1 Å². The van der Waals surface area contributed by atoms with Gasteiger partial charge in [0.1, 0.15) is 0 Å². The summed E-state index contributed by atoms with van der Waals surface area (Å²) in [4.78, 5) is 0. The molecule has 19 heavy (non-hydrogen) atoms. The van der Waals surface area contributed by atoms with E-state index in [1.54, 1.807) is 0 Å². The molecule has 1 aromatic carbocycles. The molecule has 0 amide bonds. The highest BCUT2D eigenvalue weighted by Gasteiger charge is 2.25. The van der Waals surface area contributed by atoms with Gasteiger partial charge in [0.05, 0.1) is 0 Å². The number of hydrogen-bond acceptors (Lipinski definition) is 3. The van der Waals surface area contributed by atoms with Crippen molar-refractivity contribution in [1.82, 2.24) is 14.3 Å². The minimum absolute atomic E-state index is 0.243. The van der Waals surface area contributed by atoms with Gasteiger partial charge in [0.25, 0.3) is 10.2 Å². The number of nitrogens with zero attached hydrogens (tertiary/aromatic N) is 1. The molecule has 1 fully saturated rings.